The van der Waals surface area contributed by atoms with Crippen LogP contribution in [0.2, 0.25) is 0 Å². The molecule has 1 heterocycles. The topological polar surface area (TPSA) is 103 Å². The van der Waals surface area contributed by atoms with Gasteiger partial charge in [-0.1, -0.05) is 7.60 Å². The highest BCUT2D eigenvalue weighted by Gasteiger charge is 2.12. The van der Waals surface area contributed by atoms with E-state index in [2.05, 4.69) is 4.74 Å². The van der Waals surface area contributed by atoms with Crippen molar-refractivity contribution in [2.75, 3.05) is 6.61 Å². The minimum atomic E-state index is -4.67. The molecule has 0 unspecified atom stereocenters. The first kappa shape index (κ1) is 12.0. The quantitative estimate of drug-likeness (QED) is 0.529. The van der Waals surface area contributed by atoms with E-state index >= 15 is 0 Å². The van der Waals surface area contributed by atoms with Crippen LogP contribution in [0.3, 0.4) is 0 Å². The number of rotatable bonds is 4. The second-order valence-corrected chi connectivity index (χ2v) is 4.29. The Balaban J connectivity index is 2.72. The smallest absolute Gasteiger partial charge is 0.374 e. The Morgan fingerprint density at radius 1 is 1.53 bits per heavy atom. The van der Waals surface area contributed by atoms with Gasteiger partial charge in [0, 0.05) is 6.16 Å². The minimum Gasteiger partial charge on any atom is -0.810 e. The molecule has 7 heteroatoms. The molecule has 0 aliphatic rings. The Morgan fingerprint density at radius 3 is 2.73 bits per heavy atom. The number of hydrogen-bond acceptors (Lipinski definition) is 6. The molecule has 0 aromatic carbocycles. The summed E-state index contributed by atoms with van der Waals surface area (Å²) in [5.41, 5.74) is 0. The van der Waals surface area contributed by atoms with Crippen molar-refractivity contribution in [3.8, 4) is 0 Å². The van der Waals surface area contributed by atoms with Crippen molar-refractivity contribution < 1.29 is 28.3 Å². The SMILES string of the molecule is CCOC(=O)c1ccc(CP(=O)([O-])[O-])o1. The van der Waals surface area contributed by atoms with Gasteiger partial charge in [0.2, 0.25) is 5.76 Å². The van der Waals surface area contributed by atoms with Gasteiger partial charge in [-0.2, -0.15) is 0 Å². The van der Waals surface area contributed by atoms with E-state index in [0.29, 0.717) is 0 Å². The van der Waals surface area contributed by atoms with E-state index in [1.54, 1.807) is 6.92 Å². The van der Waals surface area contributed by atoms with Gasteiger partial charge in [-0.05, 0) is 19.1 Å². The highest BCUT2D eigenvalue weighted by Crippen LogP contribution is 2.30. The molecule has 0 spiro atoms. The minimum absolute atomic E-state index is 0.0635. The van der Waals surface area contributed by atoms with Gasteiger partial charge in [-0.25, -0.2) is 4.79 Å². The van der Waals surface area contributed by atoms with Crippen molar-refractivity contribution in [2.45, 2.75) is 13.1 Å². The van der Waals surface area contributed by atoms with Crippen LogP contribution in [0.4, 0.5) is 0 Å². The molecule has 0 fully saturated rings. The number of carbonyl (C=O) groups excluding carboxylic acids is 1. The molecule has 0 saturated heterocycles. The Labute approximate surface area is 86.0 Å². The highest BCUT2D eigenvalue weighted by molar-refractivity contribution is 7.47. The van der Waals surface area contributed by atoms with E-state index in [4.69, 9.17) is 4.42 Å². The van der Waals surface area contributed by atoms with Crippen LogP contribution in [0.15, 0.2) is 16.5 Å². The number of ether oxygens (including phenoxy) is 1. The van der Waals surface area contributed by atoms with E-state index in [-0.39, 0.29) is 18.1 Å². The lowest BCUT2D eigenvalue weighted by Crippen LogP contribution is -2.15. The summed E-state index contributed by atoms with van der Waals surface area (Å²) in [6.45, 7) is 1.82. The zero-order valence-corrected chi connectivity index (χ0v) is 8.86. The van der Waals surface area contributed by atoms with Crippen LogP contribution >= 0.6 is 7.60 Å². The number of furan rings is 1. The molecule has 15 heavy (non-hydrogen) atoms. The Morgan fingerprint density at radius 2 is 2.20 bits per heavy atom. The summed E-state index contributed by atoms with van der Waals surface area (Å²) >= 11 is 0. The van der Waals surface area contributed by atoms with E-state index in [0.717, 1.165) is 0 Å². The van der Waals surface area contributed by atoms with Crippen LogP contribution in [-0.2, 0) is 15.5 Å². The first-order valence-corrected chi connectivity index (χ1v) is 5.92. The average Bonchev–Trinajstić information content (AvgIpc) is 2.50. The summed E-state index contributed by atoms with van der Waals surface area (Å²) in [4.78, 5) is 31.9. The van der Waals surface area contributed by atoms with Crippen LogP contribution in [0.5, 0.6) is 0 Å². The summed E-state index contributed by atoms with van der Waals surface area (Å²) in [7, 11) is -4.67. The van der Waals surface area contributed by atoms with Crippen molar-refractivity contribution in [3.63, 3.8) is 0 Å². The summed E-state index contributed by atoms with van der Waals surface area (Å²) < 4.78 is 19.8. The molecule has 0 amide bonds. The van der Waals surface area contributed by atoms with Crippen LogP contribution in [0.25, 0.3) is 0 Å². The average molecular weight is 232 g/mol. The first-order valence-electron chi connectivity index (χ1n) is 4.19. The Hall–Kier alpha value is -1.10. The van der Waals surface area contributed by atoms with Gasteiger partial charge in [0.1, 0.15) is 5.76 Å². The maximum Gasteiger partial charge on any atom is 0.374 e. The molecule has 1 aromatic rings. The third kappa shape index (κ3) is 3.87. The van der Waals surface area contributed by atoms with Crippen LogP contribution in [-0.4, -0.2) is 12.6 Å². The fourth-order valence-electron chi connectivity index (χ4n) is 0.966. The predicted octanol–water partition coefficient (Wildman–Crippen LogP) is -0.130. The van der Waals surface area contributed by atoms with Crippen molar-refractivity contribution in [1.82, 2.24) is 0 Å². The molecular formula is C8H9O6P-2. The van der Waals surface area contributed by atoms with E-state index in [1.807, 2.05) is 0 Å². The van der Waals surface area contributed by atoms with Crippen LogP contribution < -0.4 is 9.79 Å². The maximum absolute atomic E-state index is 11.1. The lowest BCUT2D eigenvalue weighted by Gasteiger charge is -2.27. The zero-order valence-electron chi connectivity index (χ0n) is 7.97. The second kappa shape index (κ2) is 4.61. The second-order valence-electron chi connectivity index (χ2n) is 2.76. The molecule has 0 saturated carbocycles. The van der Waals surface area contributed by atoms with Gasteiger partial charge in [0.15, 0.2) is 0 Å². The molecule has 0 aliphatic carbocycles. The molecule has 84 valence electrons. The molecule has 1 rings (SSSR count). The largest absolute Gasteiger partial charge is 0.810 e. The van der Waals surface area contributed by atoms with Gasteiger partial charge in [-0.15, -0.1) is 0 Å². The van der Waals surface area contributed by atoms with Gasteiger partial charge < -0.3 is 23.5 Å². The zero-order chi connectivity index (χ0) is 11.5. The normalized spacial score (nSPS) is 11.4. The van der Waals surface area contributed by atoms with Crippen molar-refractivity contribution >= 4 is 13.6 Å². The lowest BCUT2D eigenvalue weighted by atomic mass is 10.4. The Bertz CT molecular complexity index is 390. The van der Waals surface area contributed by atoms with Crippen molar-refractivity contribution in [1.29, 1.82) is 0 Å². The fourth-order valence-corrected chi connectivity index (χ4v) is 1.52. The van der Waals surface area contributed by atoms with Gasteiger partial charge in [-0.3, -0.25) is 0 Å². The third-order valence-corrected chi connectivity index (χ3v) is 2.19. The van der Waals surface area contributed by atoms with Gasteiger partial charge in [0.25, 0.3) is 0 Å². The molecule has 0 aliphatic heterocycles. The molecule has 0 N–H and O–H groups in total. The molecule has 6 nitrogen and oxygen atoms in total. The number of esters is 1. The molecular weight excluding hydrogens is 223 g/mol. The fraction of sp³-hybridized carbons (Fsp3) is 0.375. The van der Waals surface area contributed by atoms with E-state index in [1.165, 1.54) is 12.1 Å². The number of hydrogen-bond donors (Lipinski definition) is 0. The summed E-state index contributed by atoms with van der Waals surface area (Å²) in [6, 6.07) is 2.53. The van der Waals surface area contributed by atoms with E-state index in [9.17, 15) is 19.1 Å². The number of carbonyl (C=O) groups is 1. The monoisotopic (exact) mass is 232 g/mol. The molecule has 0 bridgehead atoms. The molecule has 1 aromatic heterocycles. The first-order chi connectivity index (χ1) is 6.92. The van der Waals surface area contributed by atoms with Crippen molar-refractivity contribution in [3.05, 3.63) is 23.7 Å². The van der Waals surface area contributed by atoms with Gasteiger partial charge >= 0.3 is 5.97 Å². The summed E-state index contributed by atoms with van der Waals surface area (Å²) in [5.74, 6) is -0.859. The molecule has 0 radical (unpaired) electrons. The predicted molar refractivity (Wildman–Crippen MR) is 46.0 cm³/mol. The van der Waals surface area contributed by atoms with Crippen LogP contribution in [0, 0.1) is 0 Å². The third-order valence-electron chi connectivity index (χ3n) is 1.49. The van der Waals surface area contributed by atoms with Gasteiger partial charge in [0.05, 0.1) is 6.61 Å². The summed E-state index contributed by atoms with van der Waals surface area (Å²) in [6.07, 6.45) is -0.744. The van der Waals surface area contributed by atoms with E-state index < -0.39 is 19.7 Å². The maximum atomic E-state index is 11.1. The van der Waals surface area contributed by atoms with Crippen LogP contribution in [0.1, 0.15) is 23.2 Å². The summed E-state index contributed by atoms with van der Waals surface area (Å²) in [5, 5.41) is 0. The standard InChI is InChI=1S/C8H11O6P/c1-2-13-8(9)7-4-3-6(14-7)5-15(10,11)12/h3-4H,2,5H2,1H3,(H2,10,11,12)/p-2. The lowest BCUT2D eigenvalue weighted by molar-refractivity contribution is -0.314. The highest BCUT2D eigenvalue weighted by atomic mass is 31.2. The molecule has 0 atom stereocenters. The Kier molecular flexibility index (Phi) is 3.68. The van der Waals surface area contributed by atoms with Crippen molar-refractivity contribution in [2.24, 2.45) is 0 Å².